The van der Waals surface area contributed by atoms with Crippen molar-refractivity contribution in [2.24, 2.45) is 0 Å². The molecule has 2 N–H and O–H groups in total. The van der Waals surface area contributed by atoms with Crippen LogP contribution in [0.5, 0.6) is 11.5 Å². The van der Waals surface area contributed by atoms with E-state index in [0.717, 1.165) is 5.69 Å². The van der Waals surface area contributed by atoms with Crippen molar-refractivity contribution in [3.8, 4) is 11.5 Å². The molecular formula is C17H23N3O3. The largest absolute Gasteiger partial charge is 0.497 e. The van der Waals surface area contributed by atoms with Crippen molar-refractivity contribution in [1.29, 1.82) is 0 Å². The molecule has 124 valence electrons. The standard InChI is InChI=1S/C17H23N3O3/c1-11(2)15-8-17(20-10-19-15)18-9-16(21)12-5-13(22-3)7-14(6-12)23-4/h5-8,10-11,16,21H,9H2,1-4H3,(H,18,19,20)/t16-/m1/s1. The fourth-order valence-corrected chi connectivity index (χ4v) is 2.13. The van der Waals surface area contributed by atoms with Gasteiger partial charge in [-0.25, -0.2) is 9.97 Å². The lowest BCUT2D eigenvalue weighted by Gasteiger charge is -2.15. The molecule has 2 rings (SSSR count). The van der Waals surface area contributed by atoms with E-state index in [1.165, 1.54) is 6.33 Å². The van der Waals surface area contributed by atoms with Gasteiger partial charge in [0, 0.05) is 24.4 Å². The molecular weight excluding hydrogens is 294 g/mol. The molecule has 2 aromatic rings. The molecule has 0 fully saturated rings. The van der Waals surface area contributed by atoms with E-state index in [9.17, 15) is 5.11 Å². The number of aliphatic hydroxyl groups is 1. The maximum atomic E-state index is 10.4. The van der Waals surface area contributed by atoms with Crippen LogP contribution in [0.4, 0.5) is 5.82 Å². The first-order valence-electron chi connectivity index (χ1n) is 7.50. The molecule has 0 aliphatic carbocycles. The number of rotatable bonds is 7. The van der Waals surface area contributed by atoms with E-state index < -0.39 is 6.10 Å². The molecule has 1 atom stereocenters. The Bertz CT molecular complexity index is 624. The van der Waals surface area contributed by atoms with Gasteiger partial charge in [-0.05, 0) is 23.6 Å². The van der Waals surface area contributed by atoms with E-state index in [1.54, 1.807) is 32.4 Å². The van der Waals surface area contributed by atoms with Gasteiger partial charge in [0.25, 0.3) is 0 Å². The van der Waals surface area contributed by atoms with Gasteiger partial charge in [0.15, 0.2) is 0 Å². The van der Waals surface area contributed by atoms with Gasteiger partial charge in [-0.2, -0.15) is 0 Å². The smallest absolute Gasteiger partial charge is 0.129 e. The summed E-state index contributed by atoms with van der Waals surface area (Å²) in [6.07, 6.45) is 0.815. The van der Waals surface area contributed by atoms with Crippen molar-refractivity contribution >= 4 is 5.82 Å². The third kappa shape index (κ3) is 4.56. The van der Waals surface area contributed by atoms with E-state index in [1.807, 2.05) is 6.07 Å². The Labute approximate surface area is 136 Å². The molecule has 1 aromatic carbocycles. The summed E-state index contributed by atoms with van der Waals surface area (Å²) < 4.78 is 10.4. The van der Waals surface area contributed by atoms with Gasteiger partial charge in [0.1, 0.15) is 23.6 Å². The summed E-state index contributed by atoms with van der Waals surface area (Å²) in [5, 5.41) is 13.5. The molecule has 0 bridgehead atoms. The molecule has 1 aromatic heterocycles. The second-order valence-corrected chi connectivity index (χ2v) is 5.53. The fraction of sp³-hybridized carbons (Fsp3) is 0.412. The molecule has 0 aliphatic rings. The summed E-state index contributed by atoms with van der Waals surface area (Å²) >= 11 is 0. The van der Waals surface area contributed by atoms with Gasteiger partial charge in [-0.15, -0.1) is 0 Å². The number of nitrogens with zero attached hydrogens (tertiary/aromatic N) is 2. The summed E-state index contributed by atoms with van der Waals surface area (Å²) in [5.74, 6) is 2.30. The van der Waals surface area contributed by atoms with Crippen LogP contribution in [-0.4, -0.2) is 35.8 Å². The van der Waals surface area contributed by atoms with Crippen LogP contribution in [-0.2, 0) is 0 Å². The Kier molecular flexibility index (Phi) is 5.76. The van der Waals surface area contributed by atoms with Crippen molar-refractivity contribution in [3.63, 3.8) is 0 Å². The number of aromatic nitrogens is 2. The van der Waals surface area contributed by atoms with Crippen molar-refractivity contribution < 1.29 is 14.6 Å². The number of benzene rings is 1. The van der Waals surface area contributed by atoms with E-state index in [-0.39, 0.29) is 0 Å². The van der Waals surface area contributed by atoms with Crippen LogP contribution in [0.1, 0.15) is 37.1 Å². The summed E-state index contributed by atoms with van der Waals surface area (Å²) in [6.45, 7) is 4.47. The number of anilines is 1. The third-order valence-electron chi connectivity index (χ3n) is 3.51. The second kappa shape index (κ2) is 7.78. The molecule has 23 heavy (non-hydrogen) atoms. The van der Waals surface area contributed by atoms with Gasteiger partial charge in [0.05, 0.1) is 20.3 Å². The first kappa shape index (κ1) is 17.0. The minimum Gasteiger partial charge on any atom is -0.497 e. The van der Waals surface area contributed by atoms with Crippen LogP contribution < -0.4 is 14.8 Å². The molecule has 0 spiro atoms. The van der Waals surface area contributed by atoms with E-state index in [2.05, 4.69) is 29.1 Å². The van der Waals surface area contributed by atoms with Crippen LogP contribution in [0.3, 0.4) is 0 Å². The first-order chi connectivity index (χ1) is 11.0. The van der Waals surface area contributed by atoms with Crippen LogP contribution >= 0.6 is 0 Å². The molecule has 0 radical (unpaired) electrons. The van der Waals surface area contributed by atoms with Crippen molar-refractivity contribution in [2.75, 3.05) is 26.1 Å². The average molecular weight is 317 g/mol. The monoisotopic (exact) mass is 317 g/mol. The van der Waals surface area contributed by atoms with Crippen LogP contribution in [0.15, 0.2) is 30.6 Å². The lowest BCUT2D eigenvalue weighted by Crippen LogP contribution is -2.13. The highest BCUT2D eigenvalue weighted by molar-refractivity contribution is 5.41. The first-order valence-corrected chi connectivity index (χ1v) is 7.50. The lowest BCUT2D eigenvalue weighted by molar-refractivity contribution is 0.190. The molecule has 0 aliphatic heterocycles. The number of hydrogen-bond acceptors (Lipinski definition) is 6. The zero-order chi connectivity index (χ0) is 16.8. The van der Waals surface area contributed by atoms with E-state index in [0.29, 0.717) is 35.3 Å². The van der Waals surface area contributed by atoms with Gasteiger partial charge in [0.2, 0.25) is 0 Å². The van der Waals surface area contributed by atoms with Gasteiger partial charge < -0.3 is 19.9 Å². The summed E-state index contributed by atoms with van der Waals surface area (Å²) in [6, 6.07) is 7.23. The van der Waals surface area contributed by atoms with Crippen LogP contribution in [0.25, 0.3) is 0 Å². The maximum Gasteiger partial charge on any atom is 0.129 e. The number of nitrogens with one attached hydrogen (secondary N) is 1. The molecule has 6 heteroatoms. The van der Waals surface area contributed by atoms with Crippen LogP contribution in [0, 0.1) is 0 Å². The number of methoxy groups -OCH3 is 2. The summed E-state index contributed by atoms with van der Waals surface area (Å²) in [7, 11) is 3.16. The Balaban J connectivity index is 2.07. The van der Waals surface area contributed by atoms with Crippen molar-refractivity contribution in [1.82, 2.24) is 9.97 Å². The zero-order valence-electron chi connectivity index (χ0n) is 13.9. The lowest BCUT2D eigenvalue weighted by atomic mass is 10.1. The predicted molar refractivity (Wildman–Crippen MR) is 89.1 cm³/mol. The molecule has 0 amide bonds. The second-order valence-electron chi connectivity index (χ2n) is 5.53. The fourth-order valence-electron chi connectivity index (χ4n) is 2.13. The van der Waals surface area contributed by atoms with Gasteiger partial charge >= 0.3 is 0 Å². The number of aliphatic hydroxyl groups excluding tert-OH is 1. The quantitative estimate of drug-likeness (QED) is 0.818. The average Bonchev–Trinajstić information content (AvgIpc) is 2.59. The van der Waals surface area contributed by atoms with Gasteiger partial charge in [-0.3, -0.25) is 0 Å². The van der Waals surface area contributed by atoms with Crippen molar-refractivity contribution in [2.45, 2.75) is 25.9 Å². The molecule has 0 saturated carbocycles. The molecule has 0 unspecified atom stereocenters. The highest BCUT2D eigenvalue weighted by Crippen LogP contribution is 2.26. The van der Waals surface area contributed by atoms with Crippen molar-refractivity contribution in [3.05, 3.63) is 41.9 Å². The van der Waals surface area contributed by atoms with E-state index >= 15 is 0 Å². The Morgan fingerprint density at radius 3 is 2.26 bits per heavy atom. The number of ether oxygens (including phenoxy) is 2. The molecule has 6 nitrogen and oxygen atoms in total. The number of hydrogen-bond donors (Lipinski definition) is 2. The Hall–Kier alpha value is -2.34. The highest BCUT2D eigenvalue weighted by atomic mass is 16.5. The van der Waals surface area contributed by atoms with E-state index in [4.69, 9.17) is 9.47 Å². The molecule has 0 saturated heterocycles. The normalized spacial score (nSPS) is 12.1. The maximum absolute atomic E-state index is 10.4. The molecule has 1 heterocycles. The predicted octanol–water partition coefficient (Wildman–Crippen LogP) is 2.76. The summed E-state index contributed by atoms with van der Waals surface area (Å²) in [5.41, 5.74) is 1.67. The Morgan fingerprint density at radius 2 is 1.70 bits per heavy atom. The zero-order valence-corrected chi connectivity index (χ0v) is 13.9. The Morgan fingerprint density at radius 1 is 1.04 bits per heavy atom. The van der Waals surface area contributed by atoms with Crippen LogP contribution in [0.2, 0.25) is 0 Å². The minimum atomic E-state index is -0.712. The highest BCUT2D eigenvalue weighted by Gasteiger charge is 2.12. The SMILES string of the molecule is COc1cc(OC)cc([C@H](O)CNc2cc(C(C)C)ncn2)c1. The minimum absolute atomic E-state index is 0.324. The topological polar surface area (TPSA) is 76.5 Å². The summed E-state index contributed by atoms with van der Waals surface area (Å²) in [4.78, 5) is 8.40. The van der Waals surface area contributed by atoms with Gasteiger partial charge in [-0.1, -0.05) is 13.8 Å². The third-order valence-corrected chi connectivity index (χ3v) is 3.51.